The van der Waals surface area contributed by atoms with Gasteiger partial charge in [0.1, 0.15) is 11.5 Å². The largest absolute Gasteiger partial charge is 0.433 e. The van der Waals surface area contributed by atoms with E-state index in [0.717, 1.165) is 17.7 Å². The van der Waals surface area contributed by atoms with E-state index >= 15 is 0 Å². The van der Waals surface area contributed by atoms with Gasteiger partial charge in [0, 0.05) is 18.0 Å². The van der Waals surface area contributed by atoms with Crippen LogP contribution in [0.15, 0.2) is 66.3 Å². The molecule has 6 nitrogen and oxygen atoms in total. The third-order valence-electron chi connectivity index (χ3n) is 3.45. The van der Waals surface area contributed by atoms with Gasteiger partial charge in [0.2, 0.25) is 0 Å². The molecule has 0 aliphatic carbocycles. The van der Waals surface area contributed by atoms with E-state index in [-0.39, 0.29) is 17.2 Å². The van der Waals surface area contributed by atoms with Gasteiger partial charge in [0.15, 0.2) is 5.82 Å². The molecule has 1 aromatic carbocycles. The summed E-state index contributed by atoms with van der Waals surface area (Å²) in [5.74, 6) is 0.0103. The highest BCUT2D eigenvalue weighted by atomic mass is 32.2. The summed E-state index contributed by atoms with van der Waals surface area (Å²) < 4.78 is 64.4. The second-order valence-corrected chi connectivity index (χ2v) is 7.12. The van der Waals surface area contributed by atoms with Crippen molar-refractivity contribution in [1.82, 2.24) is 15.0 Å². The number of sulfonamides is 1. The summed E-state index contributed by atoms with van der Waals surface area (Å²) in [7, 11) is -3.84. The summed E-state index contributed by atoms with van der Waals surface area (Å²) in [6.45, 7) is 0. The van der Waals surface area contributed by atoms with E-state index in [1.807, 2.05) is 6.07 Å². The van der Waals surface area contributed by atoms with E-state index < -0.39 is 21.9 Å². The fourth-order valence-electron chi connectivity index (χ4n) is 2.16. The third kappa shape index (κ3) is 5.13. The Morgan fingerprint density at radius 3 is 2.36 bits per heavy atom. The third-order valence-corrected chi connectivity index (χ3v) is 4.44. The van der Waals surface area contributed by atoms with Gasteiger partial charge < -0.3 is 0 Å². The quantitative estimate of drug-likeness (QED) is 0.693. The van der Waals surface area contributed by atoms with E-state index in [4.69, 9.17) is 0 Å². The summed E-state index contributed by atoms with van der Waals surface area (Å²) in [6.07, 6.45) is -0.864. The topological polar surface area (TPSA) is 84.8 Å². The number of hydrogen-bond donors (Lipinski definition) is 1. The van der Waals surface area contributed by atoms with Gasteiger partial charge in [0.05, 0.1) is 5.41 Å². The molecule has 0 spiro atoms. The molecule has 0 saturated carbocycles. The SMILES string of the molecule is O=S(=O)(C=Cc1ccccc1)Nc1ccnc(-c2ccc(C(F)(F)F)nc2)n1. The zero-order valence-corrected chi connectivity index (χ0v) is 14.9. The molecule has 0 bridgehead atoms. The zero-order valence-electron chi connectivity index (χ0n) is 14.1. The Kier molecular flexibility index (Phi) is 5.41. The van der Waals surface area contributed by atoms with Crippen molar-refractivity contribution in [2.45, 2.75) is 6.18 Å². The Morgan fingerprint density at radius 1 is 0.964 bits per heavy atom. The normalized spacial score (nSPS) is 12.2. The molecule has 0 amide bonds. The number of alkyl halides is 3. The maximum absolute atomic E-state index is 12.6. The van der Waals surface area contributed by atoms with Gasteiger partial charge in [-0.05, 0) is 29.8 Å². The summed E-state index contributed by atoms with van der Waals surface area (Å²) in [6, 6.07) is 12.1. The van der Waals surface area contributed by atoms with Gasteiger partial charge in [-0.1, -0.05) is 30.3 Å². The molecule has 0 aliphatic rings. The lowest BCUT2D eigenvalue weighted by Crippen LogP contribution is -2.11. The van der Waals surface area contributed by atoms with Crippen LogP contribution in [-0.4, -0.2) is 23.4 Å². The van der Waals surface area contributed by atoms with Gasteiger partial charge in [-0.2, -0.15) is 13.2 Å². The number of pyridine rings is 1. The first-order valence-electron chi connectivity index (χ1n) is 7.85. The Morgan fingerprint density at radius 2 is 1.71 bits per heavy atom. The summed E-state index contributed by atoms with van der Waals surface area (Å²) in [5, 5.41) is 0.990. The highest BCUT2D eigenvalue weighted by molar-refractivity contribution is 7.95. The molecule has 3 aromatic rings. The summed E-state index contributed by atoms with van der Waals surface area (Å²) in [5.41, 5.74) is -0.125. The molecule has 0 unspecified atom stereocenters. The minimum atomic E-state index is -4.55. The van der Waals surface area contributed by atoms with Crippen molar-refractivity contribution in [2.75, 3.05) is 4.72 Å². The van der Waals surface area contributed by atoms with Crippen LogP contribution in [0.2, 0.25) is 0 Å². The Balaban J connectivity index is 1.78. The van der Waals surface area contributed by atoms with Crippen molar-refractivity contribution in [2.24, 2.45) is 0 Å². The van der Waals surface area contributed by atoms with Crippen molar-refractivity contribution >= 4 is 21.9 Å². The lowest BCUT2D eigenvalue weighted by molar-refractivity contribution is -0.141. The second-order valence-electron chi connectivity index (χ2n) is 5.56. The summed E-state index contributed by atoms with van der Waals surface area (Å²) >= 11 is 0. The monoisotopic (exact) mass is 406 g/mol. The number of hydrogen-bond acceptors (Lipinski definition) is 5. The van der Waals surface area contributed by atoms with Gasteiger partial charge in [-0.15, -0.1) is 0 Å². The molecule has 10 heteroatoms. The molecule has 0 radical (unpaired) electrons. The highest BCUT2D eigenvalue weighted by Gasteiger charge is 2.32. The number of anilines is 1. The molecule has 0 aliphatic heterocycles. The van der Waals surface area contributed by atoms with Gasteiger partial charge in [-0.3, -0.25) is 9.71 Å². The molecule has 2 aromatic heterocycles. The molecule has 0 atom stereocenters. The first kappa shape index (κ1) is 19.5. The Labute approximate surface area is 158 Å². The van der Waals surface area contributed by atoms with Crippen LogP contribution in [0.25, 0.3) is 17.5 Å². The van der Waals surface area contributed by atoms with Crippen molar-refractivity contribution in [3.05, 3.63) is 77.6 Å². The molecule has 3 rings (SSSR count). The van der Waals surface area contributed by atoms with Crippen molar-refractivity contribution in [3.63, 3.8) is 0 Å². The lowest BCUT2D eigenvalue weighted by atomic mass is 10.2. The van der Waals surface area contributed by atoms with E-state index in [0.29, 0.717) is 5.56 Å². The molecule has 28 heavy (non-hydrogen) atoms. The molecule has 0 saturated heterocycles. The van der Waals surface area contributed by atoms with Crippen LogP contribution in [0.5, 0.6) is 0 Å². The molecular weight excluding hydrogens is 393 g/mol. The number of rotatable bonds is 5. The fourth-order valence-corrected chi connectivity index (χ4v) is 2.97. The molecule has 0 fully saturated rings. The number of nitrogens with zero attached hydrogens (tertiary/aromatic N) is 3. The molecule has 1 N–H and O–H groups in total. The highest BCUT2D eigenvalue weighted by Crippen LogP contribution is 2.28. The maximum atomic E-state index is 12.6. The van der Waals surface area contributed by atoms with E-state index in [9.17, 15) is 21.6 Å². The van der Waals surface area contributed by atoms with Crippen LogP contribution in [-0.2, 0) is 16.2 Å². The standard InChI is InChI=1S/C18H13F3N4O2S/c19-18(20,21)15-7-6-14(12-23-15)17-22-10-8-16(24-17)25-28(26,27)11-9-13-4-2-1-3-5-13/h1-12H,(H,22,24,25). The number of benzene rings is 1. The van der Waals surface area contributed by atoms with Crippen LogP contribution in [0, 0.1) is 0 Å². The first-order valence-corrected chi connectivity index (χ1v) is 9.40. The Bertz CT molecular complexity index is 1080. The fraction of sp³-hybridized carbons (Fsp3) is 0.0556. The van der Waals surface area contributed by atoms with Crippen LogP contribution in [0.3, 0.4) is 0 Å². The average molecular weight is 406 g/mol. The predicted octanol–water partition coefficient (Wildman–Crippen LogP) is 3.97. The van der Waals surface area contributed by atoms with Gasteiger partial charge in [0.25, 0.3) is 10.0 Å². The minimum Gasteiger partial charge on any atom is -0.264 e. The van der Waals surface area contributed by atoms with Crippen molar-refractivity contribution in [1.29, 1.82) is 0 Å². The summed E-state index contributed by atoms with van der Waals surface area (Å²) in [4.78, 5) is 11.3. The molecule has 2 heterocycles. The molecular formula is C18H13F3N4O2S. The van der Waals surface area contributed by atoms with E-state index in [2.05, 4.69) is 19.7 Å². The van der Waals surface area contributed by atoms with E-state index in [1.54, 1.807) is 24.3 Å². The maximum Gasteiger partial charge on any atom is 0.433 e. The van der Waals surface area contributed by atoms with Crippen LogP contribution >= 0.6 is 0 Å². The molecule has 144 valence electrons. The lowest BCUT2D eigenvalue weighted by Gasteiger charge is -2.07. The first-order chi connectivity index (χ1) is 13.2. The van der Waals surface area contributed by atoms with Gasteiger partial charge >= 0.3 is 6.18 Å². The van der Waals surface area contributed by atoms with Crippen LogP contribution in [0.4, 0.5) is 19.0 Å². The number of aromatic nitrogens is 3. The smallest absolute Gasteiger partial charge is 0.264 e. The predicted molar refractivity (Wildman–Crippen MR) is 98.3 cm³/mol. The minimum absolute atomic E-state index is 0.0254. The van der Waals surface area contributed by atoms with Crippen LogP contribution in [0.1, 0.15) is 11.3 Å². The number of nitrogens with one attached hydrogen (secondary N) is 1. The number of halogens is 3. The van der Waals surface area contributed by atoms with E-state index in [1.165, 1.54) is 24.4 Å². The van der Waals surface area contributed by atoms with Crippen LogP contribution < -0.4 is 4.72 Å². The Hall–Kier alpha value is -3.27. The zero-order chi connectivity index (χ0) is 20.2. The van der Waals surface area contributed by atoms with Crippen molar-refractivity contribution < 1.29 is 21.6 Å². The van der Waals surface area contributed by atoms with Crippen molar-refractivity contribution in [3.8, 4) is 11.4 Å². The second kappa shape index (κ2) is 7.77. The van der Waals surface area contributed by atoms with Gasteiger partial charge in [-0.25, -0.2) is 18.4 Å². The average Bonchev–Trinajstić information content (AvgIpc) is 2.67.